The summed E-state index contributed by atoms with van der Waals surface area (Å²) in [5.74, 6) is -0.357. The highest BCUT2D eigenvalue weighted by atomic mass is 32.2. The van der Waals surface area contributed by atoms with E-state index in [0.717, 1.165) is 22.4 Å². The van der Waals surface area contributed by atoms with E-state index in [-0.39, 0.29) is 16.7 Å². The van der Waals surface area contributed by atoms with E-state index in [4.69, 9.17) is 0 Å². The maximum atomic E-state index is 13.1. The van der Waals surface area contributed by atoms with E-state index >= 15 is 0 Å². The standard InChI is InChI=1S/C24H31N3O4S/c1-15(2)12-22(24(29)25-20-7-6-16(3)17(4)13-20)26-32(30,31)21-8-9-23-19(14-21)10-11-27(23)18(5)28/h6-9,13-15,22,26H,10-12H2,1-5H3,(H,25,29)/t22-/m0/s1. The van der Waals surface area contributed by atoms with Crippen molar-refractivity contribution in [1.82, 2.24) is 4.72 Å². The van der Waals surface area contributed by atoms with Crippen LogP contribution in [0, 0.1) is 19.8 Å². The number of carbonyl (C=O) groups is 2. The van der Waals surface area contributed by atoms with Gasteiger partial charge in [0.25, 0.3) is 0 Å². The molecule has 2 aromatic rings. The van der Waals surface area contributed by atoms with Crippen molar-refractivity contribution in [3.05, 3.63) is 53.1 Å². The normalized spacial score (nSPS) is 14.4. The van der Waals surface area contributed by atoms with Crippen molar-refractivity contribution < 1.29 is 18.0 Å². The van der Waals surface area contributed by atoms with Crippen LogP contribution >= 0.6 is 0 Å². The van der Waals surface area contributed by atoms with Crippen molar-refractivity contribution in [3.8, 4) is 0 Å². The van der Waals surface area contributed by atoms with E-state index in [9.17, 15) is 18.0 Å². The van der Waals surface area contributed by atoms with Crippen LogP contribution in [0.3, 0.4) is 0 Å². The minimum absolute atomic E-state index is 0.0718. The summed E-state index contributed by atoms with van der Waals surface area (Å²) in [6.07, 6.45) is 0.958. The molecule has 32 heavy (non-hydrogen) atoms. The topological polar surface area (TPSA) is 95.6 Å². The zero-order chi connectivity index (χ0) is 23.6. The summed E-state index contributed by atoms with van der Waals surface area (Å²) in [6.45, 7) is 9.86. The minimum Gasteiger partial charge on any atom is -0.325 e. The van der Waals surface area contributed by atoms with E-state index in [1.165, 1.54) is 13.0 Å². The van der Waals surface area contributed by atoms with Crippen LogP contribution in [0.4, 0.5) is 11.4 Å². The number of benzene rings is 2. The molecule has 1 heterocycles. The third-order valence-corrected chi connectivity index (χ3v) is 7.20. The fraction of sp³-hybridized carbons (Fsp3) is 0.417. The number of anilines is 2. The van der Waals surface area contributed by atoms with Crippen LogP contribution in [-0.2, 0) is 26.0 Å². The Balaban J connectivity index is 1.82. The summed E-state index contributed by atoms with van der Waals surface area (Å²) in [7, 11) is -3.93. The van der Waals surface area contributed by atoms with Gasteiger partial charge in [-0.05, 0) is 79.6 Å². The van der Waals surface area contributed by atoms with Crippen LogP contribution in [0.1, 0.15) is 43.9 Å². The van der Waals surface area contributed by atoms with Gasteiger partial charge in [0.1, 0.15) is 6.04 Å². The first-order chi connectivity index (χ1) is 15.0. The molecular formula is C24H31N3O4S. The zero-order valence-corrected chi connectivity index (χ0v) is 20.0. The predicted molar refractivity (Wildman–Crippen MR) is 126 cm³/mol. The zero-order valence-electron chi connectivity index (χ0n) is 19.2. The molecule has 0 spiro atoms. The average molecular weight is 458 g/mol. The largest absolute Gasteiger partial charge is 0.325 e. The Hall–Kier alpha value is -2.71. The molecular weight excluding hydrogens is 426 g/mol. The van der Waals surface area contributed by atoms with Gasteiger partial charge in [-0.1, -0.05) is 19.9 Å². The van der Waals surface area contributed by atoms with E-state index in [2.05, 4.69) is 10.0 Å². The number of amides is 2. The smallest absolute Gasteiger partial charge is 0.242 e. The van der Waals surface area contributed by atoms with Crippen molar-refractivity contribution >= 4 is 33.2 Å². The molecule has 0 bridgehead atoms. The van der Waals surface area contributed by atoms with Gasteiger partial charge in [-0.3, -0.25) is 9.59 Å². The van der Waals surface area contributed by atoms with Gasteiger partial charge in [-0.25, -0.2) is 8.42 Å². The molecule has 1 aliphatic heterocycles. The number of carbonyl (C=O) groups excluding carboxylic acids is 2. The van der Waals surface area contributed by atoms with E-state index in [1.54, 1.807) is 17.0 Å². The van der Waals surface area contributed by atoms with Gasteiger partial charge in [0, 0.05) is 24.8 Å². The lowest BCUT2D eigenvalue weighted by molar-refractivity contribution is -0.118. The maximum absolute atomic E-state index is 13.1. The number of hydrogen-bond acceptors (Lipinski definition) is 4. The monoisotopic (exact) mass is 457 g/mol. The van der Waals surface area contributed by atoms with Crippen LogP contribution in [0.2, 0.25) is 0 Å². The molecule has 0 saturated heterocycles. The Morgan fingerprint density at radius 3 is 2.41 bits per heavy atom. The Labute approximate surface area is 190 Å². The number of nitrogens with one attached hydrogen (secondary N) is 2. The van der Waals surface area contributed by atoms with Crippen molar-refractivity contribution in [2.24, 2.45) is 5.92 Å². The molecule has 2 aromatic carbocycles. The van der Waals surface area contributed by atoms with Crippen LogP contribution in [0.25, 0.3) is 0 Å². The average Bonchev–Trinajstić information content (AvgIpc) is 3.13. The molecule has 2 N–H and O–H groups in total. The number of aryl methyl sites for hydroxylation is 2. The van der Waals surface area contributed by atoms with Gasteiger partial charge in [0.2, 0.25) is 21.8 Å². The lowest BCUT2D eigenvalue weighted by Gasteiger charge is -2.21. The summed E-state index contributed by atoms with van der Waals surface area (Å²) in [4.78, 5) is 26.5. The highest BCUT2D eigenvalue weighted by Gasteiger charge is 2.29. The molecule has 0 fully saturated rings. The number of rotatable bonds is 7. The minimum atomic E-state index is -3.93. The lowest BCUT2D eigenvalue weighted by atomic mass is 10.0. The van der Waals surface area contributed by atoms with Gasteiger partial charge < -0.3 is 10.2 Å². The summed E-state index contributed by atoms with van der Waals surface area (Å²) in [6, 6.07) is 9.41. The van der Waals surface area contributed by atoms with Gasteiger partial charge in [0.05, 0.1) is 4.90 Å². The molecule has 8 heteroatoms. The third-order valence-electron chi connectivity index (χ3n) is 5.73. The summed E-state index contributed by atoms with van der Waals surface area (Å²) in [5.41, 5.74) is 4.34. The second-order valence-corrected chi connectivity index (χ2v) is 10.5. The molecule has 1 aliphatic rings. The number of nitrogens with zero attached hydrogens (tertiary/aromatic N) is 1. The van der Waals surface area contributed by atoms with E-state index in [0.29, 0.717) is 25.1 Å². The van der Waals surface area contributed by atoms with E-state index < -0.39 is 22.0 Å². The Bertz CT molecular complexity index is 1140. The molecule has 0 radical (unpaired) electrons. The first-order valence-electron chi connectivity index (χ1n) is 10.8. The highest BCUT2D eigenvalue weighted by Crippen LogP contribution is 2.30. The molecule has 0 aliphatic carbocycles. The second kappa shape index (κ2) is 9.42. The third kappa shape index (κ3) is 5.37. The second-order valence-electron chi connectivity index (χ2n) is 8.80. The van der Waals surface area contributed by atoms with Gasteiger partial charge >= 0.3 is 0 Å². The van der Waals surface area contributed by atoms with Crippen molar-refractivity contribution in [2.75, 3.05) is 16.8 Å². The fourth-order valence-corrected chi connectivity index (χ4v) is 5.11. The number of fused-ring (bicyclic) bond motifs is 1. The van der Waals surface area contributed by atoms with Crippen LogP contribution < -0.4 is 14.9 Å². The Kier molecular flexibility index (Phi) is 7.05. The number of hydrogen-bond donors (Lipinski definition) is 2. The fourth-order valence-electron chi connectivity index (χ4n) is 3.86. The highest BCUT2D eigenvalue weighted by molar-refractivity contribution is 7.89. The van der Waals surface area contributed by atoms with E-state index in [1.807, 2.05) is 45.9 Å². The predicted octanol–water partition coefficient (Wildman–Crippen LogP) is 3.54. The quantitative estimate of drug-likeness (QED) is 0.665. The molecule has 0 saturated carbocycles. The van der Waals surface area contributed by atoms with Gasteiger partial charge in [-0.2, -0.15) is 4.72 Å². The maximum Gasteiger partial charge on any atom is 0.242 e. The van der Waals surface area contributed by atoms with Crippen molar-refractivity contribution in [3.63, 3.8) is 0 Å². The van der Waals surface area contributed by atoms with Crippen LogP contribution in [0.15, 0.2) is 41.3 Å². The first kappa shape index (κ1) is 23.9. The van der Waals surface area contributed by atoms with Gasteiger partial charge in [0.15, 0.2) is 0 Å². The first-order valence-corrected chi connectivity index (χ1v) is 12.3. The lowest BCUT2D eigenvalue weighted by Crippen LogP contribution is -2.44. The Morgan fingerprint density at radius 2 is 1.78 bits per heavy atom. The molecule has 3 rings (SSSR count). The molecule has 0 unspecified atom stereocenters. The van der Waals surface area contributed by atoms with Gasteiger partial charge in [-0.15, -0.1) is 0 Å². The summed E-state index contributed by atoms with van der Waals surface area (Å²) in [5, 5.41) is 2.84. The summed E-state index contributed by atoms with van der Waals surface area (Å²) < 4.78 is 28.8. The number of sulfonamides is 1. The molecule has 172 valence electrons. The van der Waals surface area contributed by atoms with Crippen molar-refractivity contribution in [2.45, 2.75) is 58.4 Å². The van der Waals surface area contributed by atoms with Crippen LogP contribution in [0.5, 0.6) is 0 Å². The molecule has 2 amide bonds. The SMILES string of the molecule is CC(=O)N1CCc2cc(S(=O)(=O)N[C@@H](CC(C)C)C(=O)Nc3ccc(C)c(C)c3)ccc21. The van der Waals surface area contributed by atoms with Crippen LogP contribution in [-0.4, -0.2) is 32.8 Å². The summed E-state index contributed by atoms with van der Waals surface area (Å²) >= 11 is 0. The molecule has 1 atom stereocenters. The Morgan fingerprint density at radius 1 is 1.06 bits per heavy atom. The molecule has 7 nitrogen and oxygen atoms in total. The van der Waals surface area contributed by atoms with Crippen molar-refractivity contribution in [1.29, 1.82) is 0 Å². The molecule has 0 aromatic heterocycles.